The number of rotatable bonds is 10. The molecule has 0 spiro atoms. The molecule has 0 aliphatic rings. The number of unbranched alkanes of at least 4 members (excludes halogenated alkanes) is 5. The summed E-state index contributed by atoms with van der Waals surface area (Å²) in [4.78, 5) is 11.9. The summed E-state index contributed by atoms with van der Waals surface area (Å²) in [5, 5.41) is 5.73. The third-order valence-corrected chi connectivity index (χ3v) is 3.91. The molecule has 0 aliphatic carbocycles. The number of benzene rings is 2. The van der Waals surface area contributed by atoms with E-state index in [0.29, 0.717) is 6.54 Å². The van der Waals surface area contributed by atoms with E-state index in [9.17, 15) is 4.79 Å². The van der Waals surface area contributed by atoms with Gasteiger partial charge in [0.05, 0.1) is 0 Å². The predicted octanol–water partition coefficient (Wildman–Crippen LogP) is 5.96. The van der Waals surface area contributed by atoms with Gasteiger partial charge in [0.25, 0.3) is 0 Å². The van der Waals surface area contributed by atoms with Gasteiger partial charge in [0.15, 0.2) is 0 Å². The van der Waals surface area contributed by atoms with Crippen LogP contribution in [0.1, 0.15) is 45.4 Å². The van der Waals surface area contributed by atoms with Gasteiger partial charge in [-0.05, 0) is 42.8 Å². The number of hydrogen-bond donors (Lipinski definition) is 2. The van der Waals surface area contributed by atoms with Gasteiger partial charge in [-0.1, -0.05) is 57.2 Å². The SMILES string of the molecule is CCCCCCCCNC(=O)Nc1ccc(Oc2ccccc2)cc1. The van der Waals surface area contributed by atoms with Gasteiger partial charge >= 0.3 is 6.03 Å². The third-order valence-electron chi connectivity index (χ3n) is 3.91. The van der Waals surface area contributed by atoms with E-state index in [1.807, 2.05) is 54.6 Å². The molecule has 25 heavy (non-hydrogen) atoms. The zero-order valence-electron chi connectivity index (χ0n) is 15.0. The van der Waals surface area contributed by atoms with Crippen LogP contribution in [0.25, 0.3) is 0 Å². The van der Waals surface area contributed by atoms with Gasteiger partial charge in [-0.3, -0.25) is 0 Å². The topological polar surface area (TPSA) is 50.4 Å². The maximum Gasteiger partial charge on any atom is 0.319 e. The highest BCUT2D eigenvalue weighted by atomic mass is 16.5. The van der Waals surface area contributed by atoms with Crippen molar-refractivity contribution in [3.63, 3.8) is 0 Å². The lowest BCUT2D eigenvalue weighted by Gasteiger charge is -2.09. The maximum atomic E-state index is 11.9. The lowest BCUT2D eigenvalue weighted by Crippen LogP contribution is -2.29. The minimum Gasteiger partial charge on any atom is -0.457 e. The smallest absolute Gasteiger partial charge is 0.319 e. The molecule has 0 atom stereocenters. The van der Waals surface area contributed by atoms with Crippen LogP contribution in [0.2, 0.25) is 0 Å². The van der Waals surface area contributed by atoms with Crippen LogP contribution in [0.15, 0.2) is 54.6 Å². The molecule has 0 aromatic heterocycles. The Kier molecular flexibility index (Phi) is 8.39. The largest absolute Gasteiger partial charge is 0.457 e. The van der Waals surface area contributed by atoms with Crippen molar-refractivity contribution in [2.45, 2.75) is 45.4 Å². The molecule has 2 aromatic carbocycles. The first kappa shape index (κ1) is 18.8. The summed E-state index contributed by atoms with van der Waals surface area (Å²) in [6.45, 7) is 2.93. The van der Waals surface area contributed by atoms with E-state index in [2.05, 4.69) is 17.6 Å². The molecule has 0 fully saturated rings. The summed E-state index contributed by atoms with van der Waals surface area (Å²) >= 11 is 0. The Morgan fingerprint density at radius 2 is 1.48 bits per heavy atom. The van der Waals surface area contributed by atoms with E-state index in [-0.39, 0.29) is 6.03 Å². The molecule has 2 rings (SSSR count). The van der Waals surface area contributed by atoms with Crippen LogP contribution in [-0.2, 0) is 0 Å². The standard InChI is InChI=1S/C21H28N2O2/c1-2-3-4-5-6-10-17-22-21(24)23-18-13-15-20(16-14-18)25-19-11-8-7-9-12-19/h7-9,11-16H,2-6,10,17H2,1H3,(H2,22,23,24). The van der Waals surface area contributed by atoms with Crippen molar-refractivity contribution in [1.29, 1.82) is 0 Å². The van der Waals surface area contributed by atoms with Crippen molar-refractivity contribution in [1.82, 2.24) is 5.32 Å². The number of amides is 2. The van der Waals surface area contributed by atoms with Gasteiger partial charge < -0.3 is 15.4 Å². The third kappa shape index (κ3) is 7.75. The van der Waals surface area contributed by atoms with Crippen LogP contribution < -0.4 is 15.4 Å². The fraction of sp³-hybridized carbons (Fsp3) is 0.381. The summed E-state index contributed by atoms with van der Waals surface area (Å²) in [5.41, 5.74) is 0.751. The van der Waals surface area contributed by atoms with Crippen molar-refractivity contribution < 1.29 is 9.53 Å². The van der Waals surface area contributed by atoms with E-state index in [1.165, 1.54) is 32.1 Å². The second kappa shape index (κ2) is 11.1. The lowest BCUT2D eigenvalue weighted by atomic mass is 10.1. The summed E-state index contributed by atoms with van der Waals surface area (Å²) < 4.78 is 5.73. The van der Waals surface area contributed by atoms with Crippen LogP contribution in [0.3, 0.4) is 0 Å². The Labute approximate surface area is 150 Å². The first-order valence-electron chi connectivity index (χ1n) is 9.16. The van der Waals surface area contributed by atoms with Crippen LogP contribution in [0.5, 0.6) is 11.5 Å². The highest BCUT2D eigenvalue weighted by Gasteiger charge is 2.02. The number of para-hydroxylation sites is 1. The summed E-state index contributed by atoms with van der Waals surface area (Å²) in [5.74, 6) is 1.53. The summed E-state index contributed by atoms with van der Waals surface area (Å²) in [6.07, 6.45) is 7.31. The molecule has 0 saturated heterocycles. The maximum absolute atomic E-state index is 11.9. The Hall–Kier alpha value is -2.49. The van der Waals surface area contributed by atoms with Gasteiger partial charge in [-0.25, -0.2) is 4.79 Å². The highest BCUT2D eigenvalue weighted by molar-refractivity contribution is 5.89. The monoisotopic (exact) mass is 340 g/mol. The van der Waals surface area contributed by atoms with E-state index in [1.54, 1.807) is 0 Å². The fourth-order valence-corrected chi connectivity index (χ4v) is 2.51. The molecule has 0 saturated carbocycles. The molecule has 4 nitrogen and oxygen atoms in total. The average Bonchev–Trinajstić information content (AvgIpc) is 2.63. The van der Waals surface area contributed by atoms with E-state index in [0.717, 1.165) is 23.6 Å². The molecular weight excluding hydrogens is 312 g/mol. The van der Waals surface area contributed by atoms with Crippen LogP contribution in [0, 0.1) is 0 Å². The number of carbonyl (C=O) groups is 1. The van der Waals surface area contributed by atoms with Crippen LogP contribution in [-0.4, -0.2) is 12.6 Å². The molecule has 0 bridgehead atoms. The molecular formula is C21H28N2O2. The first-order valence-corrected chi connectivity index (χ1v) is 9.16. The molecule has 0 heterocycles. The summed E-state index contributed by atoms with van der Waals surface area (Å²) in [6, 6.07) is 16.8. The van der Waals surface area contributed by atoms with E-state index in [4.69, 9.17) is 4.74 Å². The normalized spacial score (nSPS) is 10.3. The molecule has 0 radical (unpaired) electrons. The molecule has 134 valence electrons. The first-order chi connectivity index (χ1) is 12.3. The minimum absolute atomic E-state index is 0.162. The van der Waals surface area contributed by atoms with Crippen molar-refractivity contribution in [2.75, 3.05) is 11.9 Å². The Morgan fingerprint density at radius 1 is 0.840 bits per heavy atom. The quantitative estimate of drug-likeness (QED) is 0.524. The molecule has 2 aromatic rings. The van der Waals surface area contributed by atoms with Gasteiger partial charge in [-0.2, -0.15) is 0 Å². The van der Waals surface area contributed by atoms with Crippen molar-refractivity contribution in [3.05, 3.63) is 54.6 Å². The number of nitrogens with one attached hydrogen (secondary N) is 2. The number of hydrogen-bond acceptors (Lipinski definition) is 2. The van der Waals surface area contributed by atoms with Gasteiger partial charge in [-0.15, -0.1) is 0 Å². The lowest BCUT2D eigenvalue weighted by molar-refractivity contribution is 0.252. The highest BCUT2D eigenvalue weighted by Crippen LogP contribution is 2.22. The molecule has 4 heteroatoms. The van der Waals surface area contributed by atoms with Gasteiger partial charge in [0.2, 0.25) is 0 Å². The fourth-order valence-electron chi connectivity index (χ4n) is 2.51. The molecule has 2 amide bonds. The van der Waals surface area contributed by atoms with Crippen molar-refractivity contribution >= 4 is 11.7 Å². The Bertz CT molecular complexity index is 612. The Morgan fingerprint density at radius 3 is 2.20 bits per heavy atom. The van der Waals surface area contributed by atoms with E-state index >= 15 is 0 Å². The van der Waals surface area contributed by atoms with E-state index < -0.39 is 0 Å². The van der Waals surface area contributed by atoms with Gasteiger partial charge in [0, 0.05) is 12.2 Å². The number of carbonyl (C=O) groups excluding carboxylic acids is 1. The summed E-state index contributed by atoms with van der Waals surface area (Å²) in [7, 11) is 0. The Balaban J connectivity index is 1.65. The zero-order valence-corrected chi connectivity index (χ0v) is 15.0. The number of ether oxygens (including phenoxy) is 1. The molecule has 2 N–H and O–H groups in total. The minimum atomic E-state index is -0.162. The number of urea groups is 1. The van der Waals surface area contributed by atoms with Crippen molar-refractivity contribution in [3.8, 4) is 11.5 Å². The zero-order chi connectivity index (χ0) is 17.7. The second-order valence-corrected chi connectivity index (χ2v) is 6.09. The van der Waals surface area contributed by atoms with Crippen molar-refractivity contribution in [2.24, 2.45) is 0 Å². The predicted molar refractivity (Wildman–Crippen MR) is 103 cm³/mol. The number of anilines is 1. The van der Waals surface area contributed by atoms with Crippen LogP contribution in [0.4, 0.5) is 10.5 Å². The van der Waals surface area contributed by atoms with Gasteiger partial charge in [0.1, 0.15) is 11.5 Å². The second-order valence-electron chi connectivity index (χ2n) is 6.09. The molecule has 0 aliphatic heterocycles. The van der Waals surface area contributed by atoms with Crippen LogP contribution >= 0.6 is 0 Å². The molecule has 0 unspecified atom stereocenters. The average molecular weight is 340 g/mol.